The fraction of sp³-hybridized carbons (Fsp3) is 0.227. The van der Waals surface area contributed by atoms with Crippen LogP contribution in [-0.4, -0.2) is 24.3 Å². The Labute approximate surface area is 166 Å². The standard InChI is InChI=1S/C22H23N3O2S/c26-28(27,25-13-11-20-5-1-2-6-21(20)17-25)22-9-7-18(8-10-22)14-24-16-19-4-3-12-23-15-19/h1-10,12,15,24H,11,13-14,16-17H2. The lowest BCUT2D eigenvalue weighted by atomic mass is 10.0. The van der Waals surface area contributed by atoms with Gasteiger partial charge in [0, 0.05) is 38.6 Å². The average molecular weight is 394 g/mol. The van der Waals surface area contributed by atoms with Gasteiger partial charge in [0.1, 0.15) is 0 Å². The lowest BCUT2D eigenvalue weighted by Crippen LogP contribution is -2.35. The number of fused-ring (bicyclic) bond motifs is 1. The molecule has 1 aliphatic rings. The molecule has 0 saturated carbocycles. The second-order valence-corrected chi connectivity index (χ2v) is 8.90. The number of nitrogens with zero attached hydrogens (tertiary/aromatic N) is 2. The van der Waals surface area contributed by atoms with Crippen LogP contribution in [0.4, 0.5) is 0 Å². The molecule has 5 nitrogen and oxygen atoms in total. The smallest absolute Gasteiger partial charge is 0.243 e. The first-order chi connectivity index (χ1) is 13.6. The first kappa shape index (κ1) is 18.8. The van der Waals surface area contributed by atoms with Gasteiger partial charge in [0.15, 0.2) is 0 Å². The van der Waals surface area contributed by atoms with Gasteiger partial charge in [0.25, 0.3) is 0 Å². The summed E-state index contributed by atoms with van der Waals surface area (Å²) >= 11 is 0. The number of rotatable bonds is 6. The highest BCUT2D eigenvalue weighted by atomic mass is 32.2. The molecule has 144 valence electrons. The summed E-state index contributed by atoms with van der Waals surface area (Å²) in [5.74, 6) is 0. The van der Waals surface area contributed by atoms with Crippen molar-refractivity contribution in [1.29, 1.82) is 0 Å². The Morgan fingerprint density at radius 1 is 0.893 bits per heavy atom. The van der Waals surface area contributed by atoms with E-state index in [0.717, 1.165) is 29.7 Å². The molecule has 0 radical (unpaired) electrons. The number of hydrogen-bond donors (Lipinski definition) is 1. The lowest BCUT2D eigenvalue weighted by Gasteiger charge is -2.28. The van der Waals surface area contributed by atoms with Crippen LogP contribution in [0.3, 0.4) is 0 Å². The highest BCUT2D eigenvalue weighted by Gasteiger charge is 2.27. The van der Waals surface area contributed by atoms with E-state index in [1.165, 1.54) is 5.56 Å². The van der Waals surface area contributed by atoms with Crippen molar-refractivity contribution in [3.05, 3.63) is 95.3 Å². The summed E-state index contributed by atoms with van der Waals surface area (Å²) in [6.45, 7) is 2.36. The van der Waals surface area contributed by atoms with E-state index in [0.29, 0.717) is 24.5 Å². The molecule has 0 spiro atoms. The Morgan fingerprint density at radius 2 is 1.64 bits per heavy atom. The fourth-order valence-electron chi connectivity index (χ4n) is 3.46. The van der Waals surface area contributed by atoms with Gasteiger partial charge in [-0.25, -0.2) is 8.42 Å². The largest absolute Gasteiger partial charge is 0.309 e. The Bertz CT molecular complexity index is 1030. The van der Waals surface area contributed by atoms with Crippen molar-refractivity contribution < 1.29 is 8.42 Å². The van der Waals surface area contributed by atoms with Crippen molar-refractivity contribution >= 4 is 10.0 Å². The minimum atomic E-state index is -3.48. The molecule has 0 bridgehead atoms. The molecular formula is C22H23N3O2S. The van der Waals surface area contributed by atoms with Crippen LogP contribution in [0.2, 0.25) is 0 Å². The average Bonchev–Trinajstić information content (AvgIpc) is 2.74. The van der Waals surface area contributed by atoms with Crippen LogP contribution in [0.25, 0.3) is 0 Å². The maximum atomic E-state index is 13.0. The van der Waals surface area contributed by atoms with Gasteiger partial charge < -0.3 is 5.32 Å². The van der Waals surface area contributed by atoms with Crippen LogP contribution in [0.1, 0.15) is 22.3 Å². The van der Waals surface area contributed by atoms with E-state index in [4.69, 9.17) is 0 Å². The molecule has 0 saturated heterocycles. The molecule has 0 amide bonds. The Morgan fingerprint density at radius 3 is 2.39 bits per heavy atom. The second kappa shape index (κ2) is 8.22. The molecule has 28 heavy (non-hydrogen) atoms. The normalized spacial score (nSPS) is 14.6. The zero-order valence-corrected chi connectivity index (χ0v) is 16.4. The maximum Gasteiger partial charge on any atom is 0.243 e. The van der Waals surface area contributed by atoms with Gasteiger partial charge >= 0.3 is 0 Å². The second-order valence-electron chi connectivity index (χ2n) is 6.97. The highest BCUT2D eigenvalue weighted by molar-refractivity contribution is 7.89. The predicted molar refractivity (Wildman–Crippen MR) is 109 cm³/mol. The molecule has 0 fully saturated rings. The molecule has 1 aliphatic heterocycles. The van der Waals surface area contributed by atoms with Crippen LogP contribution < -0.4 is 5.32 Å². The third-order valence-corrected chi connectivity index (χ3v) is 6.90. The van der Waals surface area contributed by atoms with Crippen LogP contribution in [0.15, 0.2) is 78.0 Å². The van der Waals surface area contributed by atoms with E-state index in [1.807, 2.05) is 48.7 Å². The number of benzene rings is 2. The van der Waals surface area contributed by atoms with E-state index >= 15 is 0 Å². The summed E-state index contributed by atoms with van der Waals surface area (Å²) in [6, 6.07) is 19.1. The van der Waals surface area contributed by atoms with Crippen molar-refractivity contribution in [2.45, 2.75) is 31.0 Å². The molecule has 3 aromatic rings. The number of nitrogens with one attached hydrogen (secondary N) is 1. The molecule has 4 rings (SSSR count). The van der Waals surface area contributed by atoms with E-state index in [9.17, 15) is 8.42 Å². The summed E-state index contributed by atoms with van der Waals surface area (Å²) in [4.78, 5) is 4.45. The van der Waals surface area contributed by atoms with Gasteiger partial charge in [0.05, 0.1) is 4.90 Å². The fourth-order valence-corrected chi connectivity index (χ4v) is 4.88. The van der Waals surface area contributed by atoms with Gasteiger partial charge in [-0.1, -0.05) is 42.5 Å². The molecule has 1 N–H and O–H groups in total. The Balaban J connectivity index is 1.40. The quantitative estimate of drug-likeness (QED) is 0.699. The number of aromatic nitrogens is 1. The lowest BCUT2D eigenvalue weighted by molar-refractivity contribution is 0.391. The molecule has 0 unspecified atom stereocenters. The minimum absolute atomic E-state index is 0.350. The molecule has 0 atom stereocenters. The number of sulfonamides is 1. The number of pyridine rings is 1. The van der Waals surface area contributed by atoms with Crippen LogP contribution >= 0.6 is 0 Å². The van der Waals surface area contributed by atoms with Crippen LogP contribution in [0, 0.1) is 0 Å². The summed E-state index contributed by atoms with van der Waals surface area (Å²) in [5.41, 5.74) is 4.50. The van der Waals surface area contributed by atoms with Gasteiger partial charge in [-0.2, -0.15) is 4.31 Å². The van der Waals surface area contributed by atoms with Crippen LogP contribution in [0.5, 0.6) is 0 Å². The van der Waals surface area contributed by atoms with E-state index < -0.39 is 10.0 Å². The zero-order valence-electron chi connectivity index (χ0n) is 15.6. The highest BCUT2D eigenvalue weighted by Crippen LogP contribution is 2.25. The number of hydrogen-bond acceptors (Lipinski definition) is 4. The van der Waals surface area contributed by atoms with E-state index in [1.54, 1.807) is 22.6 Å². The third-order valence-electron chi connectivity index (χ3n) is 5.04. The minimum Gasteiger partial charge on any atom is -0.309 e. The molecule has 6 heteroatoms. The third kappa shape index (κ3) is 4.14. The van der Waals surface area contributed by atoms with Crippen molar-refractivity contribution in [3.8, 4) is 0 Å². The summed E-state index contributed by atoms with van der Waals surface area (Å²) in [6.07, 6.45) is 4.34. The molecule has 2 heterocycles. The molecule has 2 aromatic carbocycles. The molecular weight excluding hydrogens is 370 g/mol. The van der Waals surface area contributed by atoms with Crippen molar-refractivity contribution in [2.75, 3.05) is 6.54 Å². The van der Waals surface area contributed by atoms with Gasteiger partial charge in [0.2, 0.25) is 10.0 Å². The Kier molecular flexibility index (Phi) is 5.52. The van der Waals surface area contributed by atoms with Gasteiger partial charge in [-0.3, -0.25) is 4.98 Å². The van der Waals surface area contributed by atoms with Crippen LogP contribution in [-0.2, 0) is 36.1 Å². The first-order valence-electron chi connectivity index (χ1n) is 9.38. The topological polar surface area (TPSA) is 62.3 Å². The maximum absolute atomic E-state index is 13.0. The Hall–Kier alpha value is -2.54. The van der Waals surface area contributed by atoms with E-state index in [-0.39, 0.29) is 0 Å². The summed E-state index contributed by atoms with van der Waals surface area (Å²) in [7, 11) is -3.48. The van der Waals surface area contributed by atoms with E-state index in [2.05, 4.69) is 16.4 Å². The zero-order chi connectivity index (χ0) is 19.4. The molecule has 0 aliphatic carbocycles. The van der Waals surface area contributed by atoms with Gasteiger partial charge in [-0.05, 0) is 46.9 Å². The first-order valence-corrected chi connectivity index (χ1v) is 10.8. The summed E-state index contributed by atoms with van der Waals surface area (Å²) in [5, 5.41) is 3.35. The van der Waals surface area contributed by atoms with Crippen molar-refractivity contribution in [3.63, 3.8) is 0 Å². The predicted octanol–water partition coefficient (Wildman–Crippen LogP) is 3.12. The van der Waals surface area contributed by atoms with Crippen molar-refractivity contribution in [2.24, 2.45) is 0 Å². The van der Waals surface area contributed by atoms with Crippen molar-refractivity contribution in [1.82, 2.24) is 14.6 Å². The monoisotopic (exact) mass is 393 g/mol. The summed E-state index contributed by atoms with van der Waals surface area (Å²) < 4.78 is 27.6. The SMILES string of the molecule is O=S(=O)(c1ccc(CNCc2cccnc2)cc1)N1CCc2ccccc2C1. The molecule has 1 aromatic heterocycles. The van der Waals surface area contributed by atoms with Gasteiger partial charge in [-0.15, -0.1) is 0 Å².